The van der Waals surface area contributed by atoms with E-state index in [9.17, 15) is 9.59 Å². The first-order valence-corrected chi connectivity index (χ1v) is 8.33. The van der Waals surface area contributed by atoms with Gasteiger partial charge in [-0.05, 0) is 55.5 Å². The molecule has 0 saturated carbocycles. The number of fused-ring (bicyclic) bond motifs is 2. The quantitative estimate of drug-likeness (QED) is 0.863. The van der Waals surface area contributed by atoms with E-state index in [1.165, 1.54) is 5.57 Å². The lowest BCUT2D eigenvalue weighted by Gasteiger charge is -2.33. The molecule has 2 amide bonds. The molecule has 1 aliphatic heterocycles. The maximum absolute atomic E-state index is 12.3. The monoisotopic (exact) mass is 318 g/mol. The topological polar surface area (TPSA) is 58.5 Å². The third-order valence-corrected chi connectivity index (χ3v) is 4.77. The maximum atomic E-state index is 12.3. The van der Waals surface area contributed by atoms with E-state index in [-0.39, 0.29) is 17.7 Å². The third kappa shape index (κ3) is 2.64. The first kappa shape index (κ1) is 14.8. The lowest BCUT2D eigenvalue weighted by Crippen LogP contribution is -2.37. The third-order valence-electron chi connectivity index (χ3n) is 4.77. The number of nitrogens with zero attached hydrogens (tertiary/aromatic N) is 1. The van der Waals surface area contributed by atoms with Crippen LogP contribution in [-0.2, 0) is 4.79 Å². The Kier molecular flexibility index (Phi) is 3.73. The fraction of sp³-hybridized carbons (Fsp3) is 0.250. The van der Waals surface area contributed by atoms with Crippen LogP contribution in [0.15, 0.2) is 70.4 Å². The molecule has 1 aromatic rings. The van der Waals surface area contributed by atoms with Crippen molar-refractivity contribution in [2.24, 2.45) is 10.9 Å². The molecule has 4 nitrogen and oxygen atoms in total. The Balaban J connectivity index is 1.63. The number of hydrogen-bond acceptors (Lipinski definition) is 2. The second-order valence-electron chi connectivity index (χ2n) is 6.31. The average molecular weight is 318 g/mol. The summed E-state index contributed by atoms with van der Waals surface area (Å²) in [6, 6.07) is 8.99. The molecule has 0 fully saturated rings. The highest BCUT2D eigenvalue weighted by molar-refractivity contribution is 6.14. The Morgan fingerprint density at radius 1 is 1.12 bits per heavy atom. The summed E-state index contributed by atoms with van der Waals surface area (Å²) in [5.74, 6) is -0.134. The number of nitrogens with one attached hydrogen (secondary N) is 1. The van der Waals surface area contributed by atoms with Crippen LogP contribution in [0.4, 0.5) is 0 Å². The SMILES string of the molecule is O=C1NC2=CC(=NC(=O)c3ccccc3)C=CC2C2=C1CCCC2. The van der Waals surface area contributed by atoms with Gasteiger partial charge >= 0.3 is 0 Å². The van der Waals surface area contributed by atoms with E-state index in [0.29, 0.717) is 11.3 Å². The van der Waals surface area contributed by atoms with Crippen LogP contribution in [-0.4, -0.2) is 17.5 Å². The lowest BCUT2D eigenvalue weighted by atomic mass is 9.77. The molecule has 24 heavy (non-hydrogen) atoms. The van der Waals surface area contributed by atoms with Gasteiger partial charge in [-0.3, -0.25) is 9.59 Å². The standard InChI is InChI=1S/C20H18N2O2/c23-19(13-6-2-1-3-7-13)21-14-10-11-16-15-8-4-5-9-17(15)20(24)22-18(16)12-14/h1-3,6-7,10-12,16H,4-5,8-9H2,(H,22,24). The number of amides is 2. The average Bonchev–Trinajstić information content (AvgIpc) is 2.62. The Hall–Kier alpha value is -2.75. The van der Waals surface area contributed by atoms with Gasteiger partial charge in [0.1, 0.15) is 0 Å². The summed E-state index contributed by atoms with van der Waals surface area (Å²) in [7, 11) is 0. The molecule has 4 rings (SSSR count). The number of hydrogen-bond donors (Lipinski definition) is 1. The van der Waals surface area contributed by atoms with Gasteiger partial charge in [0.2, 0.25) is 0 Å². The van der Waals surface area contributed by atoms with Gasteiger partial charge in [0.15, 0.2) is 0 Å². The Labute approximate surface area is 140 Å². The molecule has 1 atom stereocenters. The Morgan fingerprint density at radius 3 is 2.75 bits per heavy atom. The number of carbonyl (C=O) groups excluding carboxylic acids is 2. The van der Waals surface area contributed by atoms with Crippen LogP contribution in [0.5, 0.6) is 0 Å². The van der Waals surface area contributed by atoms with Gasteiger partial charge in [-0.15, -0.1) is 0 Å². The Bertz CT molecular complexity index is 828. The zero-order valence-electron chi connectivity index (χ0n) is 13.3. The van der Waals surface area contributed by atoms with Gasteiger partial charge in [0.25, 0.3) is 11.8 Å². The maximum Gasteiger partial charge on any atom is 0.277 e. The van der Waals surface area contributed by atoms with Crippen molar-refractivity contribution in [3.05, 3.63) is 71.0 Å². The highest BCUT2D eigenvalue weighted by atomic mass is 16.2. The molecule has 0 aromatic heterocycles. The molecular formula is C20H18N2O2. The fourth-order valence-corrected chi connectivity index (χ4v) is 3.58. The molecule has 0 saturated heterocycles. The molecule has 3 aliphatic rings. The molecular weight excluding hydrogens is 300 g/mol. The summed E-state index contributed by atoms with van der Waals surface area (Å²) in [5.41, 5.74) is 4.16. The molecule has 1 heterocycles. The van der Waals surface area contributed by atoms with Crippen molar-refractivity contribution in [3.8, 4) is 0 Å². The zero-order valence-corrected chi connectivity index (χ0v) is 13.3. The number of aliphatic imine (C=N–C) groups is 1. The minimum absolute atomic E-state index is 0.0104. The van der Waals surface area contributed by atoms with Crippen LogP contribution in [0.1, 0.15) is 36.0 Å². The summed E-state index contributed by atoms with van der Waals surface area (Å²) in [5, 5.41) is 2.98. The lowest BCUT2D eigenvalue weighted by molar-refractivity contribution is -0.117. The van der Waals surface area contributed by atoms with Crippen molar-refractivity contribution in [1.82, 2.24) is 5.32 Å². The zero-order chi connectivity index (χ0) is 16.5. The molecule has 1 N–H and O–H groups in total. The highest BCUT2D eigenvalue weighted by Gasteiger charge is 2.33. The molecule has 2 aliphatic carbocycles. The van der Waals surface area contributed by atoms with E-state index in [0.717, 1.165) is 37.0 Å². The predicted octanol–water partition coefficient (Wildman–Crippen LogP) is 3.34. The van der Waals surface area contributed by atoms with Crippen molar-refractivity contribution in [2.75, 3.05) is 0 Å². The predicted molar refractivity (Wildman–Crippen MR) is 92.6 cm³/mol. The smallest absolute Gasteiger partial charge is 0.277 e. The highest BCUT2D eigenvalue weighted by Crippen LogP contribution is 2.38. The van der Waals surface area contributed by atoms with E-state index < -0.39 is 0 Å². The van der Waals surface area contributed by atoms with E-state index in [4.69, 9.17) is 0 Å². The molecule has 1 unspecified atom stereocenters. The summed E-state index contributed by atoms with van der Waals surface area (Å²) in [4.78, 5) is 28.7. The van der Waals surface area contributed by atoms with E-state index in [2.05, 4.69) is 10.3 Å². The molecule has 0 bridgehead atoms. The molecule has 0 spiro atoms. The Morgan fingerprint density at radius 2 is 1.92 bits per heavy atom. The van der Waals surface area contributed by atoms with E-state index >= 15 is 0 Å². The largest absolute Gasteiger partial charge is 0.325 e. The first-order chi connectivity index (χ1) is 11.7. The fourth-order valence-electron chi connectivity index (χ4n) is 3.58. The van der Waals surface area contributed by atoms with Crippen LogP contribution < -0.4 is 5.32 Å². The second-order valence-corrected chi connectivity index (χ2v) is 6.31. The first-order valence-electron chi connectivity index (χ1n) is 8.33. The van der Waals surface area contributed by atoms with Crippen molar-refractivity contribution in [3.63, 3.8) is 0 Å². The van der Waals surface area contributed by atoms with Crippen LogP contribution >= 0.6 is 0 Å². The van der Waals surface area contributed by atoms with Gasteiger partial charge in [-0.2, -0.15) is 0 Å². The molecule has 1 aromatic carbocycles. The summed E-state index contributed by atoms with van der Waals surface area (Å²) in [6.07, 6.45) is 9.81. The molecule has 120 valence electrons. The number of carbonyl (C=O) groups is 2. The van der Waals surface area contributed by atoms with Gasteiger partial charge in [-0.25, -0.2) is 4.99 Å². The summed E-state index contributed by atoms with van der Waals surface area (Å²) < 4.78 is 0. The van der Waals surface area contributed by atoms with Gasteiger partial charge in [0.05, 0.1) is 5.71 Å². The van der Waals surface area contributed by atoms with Crippen molar-refractivity contribution >= 4 is 17.5 Å². The van der Waals surface area contributed by atoms with Crippen molar-refractivity contribution < 1.29 is 9.59 Å². The van der Waals surface area contributed by atoms with Crippen LogP contribution in [0.2, 0.25) is 0 Å². The normalized spacial score (nSPS) is 24.2. The van der Waals surface area contributed by atoms with E-state index in [1.807, 2.05) is 36.4 Å². The number of benzene rings is 1. The summed E-state index contributed by atoms with van der Waals surface area (Å²) in [6.45, 7) is 0. The van der Waals surface area contributed by atoms with Gasteiger partial charge < -0.3 is 5.32 Å². The van der Waals surface area contributed by atoms with Crippen molar-refractivity contribution in [2.45, 2.75) is 25.7 Å². The number of rotatable bonds is 1. The van der Waals surface area contributed by atoms with Gasteiger partial charge in [0, 0.05) is 22.8 Å². The van der Waals surface area contributed by atoms with Gasteiger partial charge in [-0.1, -0.05) is 24.3 Å². The molecule has 0 radical (unpaired) electrons. The minimum Gasteiger partial charge on any atom is -0.325 e. The van der Waals surface area contributed by atoms with E-state index in [1.54, 1.807) is 12.1 Å². The minimum atomic E-state index is -0.273. The van der Waals surface area contributed by atoms with Crippen LogP contribution in [0.25, 0.3) is 0 Å². The summed E-state index contributed by atoms with van der Waals surface area (Å²) >= 11 is 0. The van der Waals surface area contributed by atoms with Crippen LogP contribution in [0, 0.1) is 5.92 Å². The molecule has 4 heteroatoms. The second kappa shape index (κ2) is 6.04. The van der Waals surface area contributed by atoms with Crippen molar-refractivity contribution in [1.29, 1.82) is 0 Å². The van der Waals surface area contributed by atoms with Crippen LogP contribution in [0.3, 0.4) is 0 Å². The number of allylic oxidation sites excluding steroid dienone is 3.